The van der Waals surface area contributed by atoms with Crippen molar-refractivity contribution < 1.29 is 18.9 Å². The van der Waals surface area contributed by atoms with E-state index in [-0.39, 0.29) is 24.4 Å². The van der Waals surface area contributed by atoms with Gasteiger partial charge < -0.3 is 23.8 Å². The summed E-state index contributed by atoms with van der Waals surface area (Å²) in [6, 6.07) is 8.85. The zero-order valence-corrected chi connectivity index (χ0v) is 23.2. The van der Waals surface area contributed by atoms with Crippen LogP contribution < -0.4 is 14.4 Å². The first kappa shape index (κ1) is 28.0. The minimum atomic E-state index is -0.0969. The molecule has 0 heterocycles. The van der Waals surface area contributed by atoms with Gasteiger partial charge in [-0.1, -0.05) is 60.6 Å². The summed E-state index contributed by atoms with van der Waals surface area (Å²) < 4.78 is 23.2. The number of ether oxygens (including phenoxy) is 4. The second-order valence-corrected chi connectivity index (χ2v) is 11.1. The SMILES string of the molecule is CCCN(c1cc(C)cc(C(C)(C)C)c1OCOC)c1cc(C)cc(C(C)(C)C)c1OCOC. The van der Waals surface area contributed by atoms with Crippen LogP contribution in [0.4, 0.5) is 11.4 Å². The Hall–Kier alpha value is -2.24. The highest BCUT2D eigenvalue weighted by atomic mass is 16.7. The van der Waals surface area contributed by atoms with Gasteiger partial charge in [0, 0.05) is 31.9 Å². The summed E-state index contributed by atoms with van der Waals surface area (Å²) in [4.78, 5) is 2.33. The third-order valence-corrected chi connectivity index (χ3v) is 5.71. The van der Waals surface area contributed by atoms with Crippen molar-refractivity contribution in [2.24, 2.45) is 0 Å². The number of aryl methyl sites for hydroxylation is 2. The molecular formula is C29H45NO4. The minimum absolute atomic E-state index is 0.0969. The standard InChI is InChI=1S/C29H45NO4/c1-12-13-30(24-16-20(2)14-22(28(4,5)6)26(24)33-18-31-10)25-17-21(3)15-23(29(7,8)9)27(25)34-19-32-11/h14-17H,12-13,18-19H2,1-11H3. The van der Waals surface area contributed by atoms with Crippen LogP contribution in [0, 0.1) is 13.8 Å². The van der Waals surface area contributed by atoms with Crippen LogP contribution in [0.1, 0.15) is 77.1 Å². The lowest BCUT2D eigenvalue weighted by molar-refractivity contribution is 0.0497. The van der Waals surface area contributed by atoms with Gasteiger partial charge in [-0.2, -0.15) is 0 Å². The number of anilines is 2. The van der Waals surface area contributed by atoms with Gasteiger partial charge in [-0.05, 0) is 54.4 Å². The normalized spacial score (nSPS) is 12.1. The predicted octanol–water partition coefficient (Wildman–Crippen LogP) is 7.41. The molecule has 0 spiro atoms. The molecule has 5 nitrogen and oxygen atoms in total. The molecule has 0 atom stereocenters. The molecule has 34 heavy (non-hydrogen) atoms. The second-order valence-electron chi connectivity index (χ2n) is 11.1. The van der Waals surface area contributed by atoms with Gasteiger partial charge in [-0.15, -0.1) is 0 Å². The summed E-state index contributed by atoms with van der Waals surface area (Å²) in [5, 5.41) is 0. The van der Waals surface area contributed by atoms with Gasteiger partial charge >= 0.3 is 0 Å². The lowest BCUT2D eigenvalue weighted by atomic mass is 9.84. The Morgan fingerprint density at radius 1 is 0.676 bits per heavy atom. The quantitative estimate of drug-likeness (QED) is 0.337. The summed E-state index contributed by atoms with van der Waals surface area (Å²) in [5.41, 5.74) is 6.55. The van der Waals surface area contributed by atoms with Crippen molar-refractivity contribution in [1.29, 1.82) is 0 Å². The van der Waals surface area contributed by atoms with E-state index < -0.39 is 0 Å². The third kappa shape index (κ3) is 6.67. The molecule has 0 aromatic heterocycles. The Labute approximate surface area is 207 Å². The molecule has 0 saturated heterocycles. The molecule has 0 aliphatic rings. The van der Waals surface area contributed by atoms with Gasteiger partial charge in [0.1, 0.15) is 11.5 Å². The van der Waals surface area contributed by atoms with Crippen LogP contribution in [-0.2, 0) is 20.3 Å². The number of benzene rings is 2. The van der Waals surface area contributed by atoms with E-state index in [0.717, 1.165) is 47.0 Å². The van der Waals surface area contributed by atoms with Crippen molar-refractivity contribution in [3.63, 3.8) is 0 Å². The minimum Gasteiger partial charge on any atom is -0.465 e. The van der Waals surface area contributed by atoms with Crippen LogP contribution in [0.5, 0.6) is 11.5 Å². The fourth-order valence-electron chi connectivity index (χ4n) is 4.16. The van der Waals surface area contributed by atoms with Crippen molar-refractivity contribution in [2.75, 3.05) is 39.3 Å². The van der Waals surface area contributed by atoms with E-state index in [9.17, 15) is 0 Å². The highest BCUT2D eigenvalue weighted by Crippen LogP contribution is 2.47. The van der Waals surface area contributed by atoms with Gasteiger partial charge in [0.25, 0.3) is 0 Å². The average molecular weight is 472 g/mol. The number of hydrogen-bond donors (Lipinski definition) is 0. The molecule has 5 heteroatoms. The highest BCUT2D eigenvalue weighted by Gasteiger charge is 2.29. The maximum atomic E-state index is 6.27. The Bertz CT molecular complexity index is 879. The van der Waals surface area contributed by atoms with E-state index in [0.29, 0.717) is 0 Å². The molecule has 0 fully saturated rings. The fourth-order valence-corrected chi connectivity index (χ4v) is 4.16. The summed E-state index contributed by atoms with van der Waals surface area (Å²) in [5.74, 6) is 1.70. The predicted molar refractivity (Wildman–Crippen MR) is 142 cm³/mol. The molecule has 2 aromatic rings. The van der Waals surface area contributed by atoms with Gasteiger partial charge in [0.15, 0.2) is 13.6 Å². The van der Waals surface area contributed by atoms with E-state index in [4.69, 9.17) is 18.9 Å². The molecule has 0 amide bonds. The average Bonchev–Trinajstić information content (AvgIpc) is 2.73. The van der Waals surface area contributed by atoms with Crippen LogP contribution in [0.3, 0.4) is 0 Å². The van der Waals surface area contributed by atoms with E-state index in [2.05, 4.69) is 91.5 Å². The Balaban J connectivity index is 2.91. The third-order valence-electron chi connectivity index (χ3n) is 5.71. The van der Waals surface area contributed by atoms with Crippen molar-refractivity contribution >= 4 is 11.4 Å². The molecule has 0 N–H and O–H groups in total. The van der Waals surface area contributed by atoms with E-state index in [1.807, 2.05) is 0 Å². The zero-order valence-electron chi connectivity index (χ0n) is 23.2. The zero-order chi connectivity index (χ0) is 25.7. The molecule has 190 valence electrons. The molecular weight excluding hydrogens is 426 g/mol. The van der Waals surface area contributed by atoms with Crippen LogP contribution in [0.15, 0.2) is 24.3 Å². The van der Waals surface area contributed by atoms with Crippen LogP contribution in [0.2, 0.25) is 0 Å². The fraction of sp³-hybridized carbons (Fsp3) is 0.586. The Kier molecular flexibility index (Phi) is 9.44. The maximum Gasteiger partial charge on any atom is 0.188 e. The molecule has 0 aliphatic carbocycles. The first-order valence-electron chi connectivity index (χ1n) is 12.2. The highest BCUT2D eigenvalue weighted by molar-refractivity contribution is 5.78. The second kappa shape index (κ2) is 11.5. The monoisotopic (exact) mass is 471 g/mol. The van der Waals surface area contributed by atoms with Gasteiger partial charge in [-0.25, -0.2) is 0 Å². The summed E-state index contributed by atoms with van der Waals surface area (Å²) in [6.45, 7) is 21.0. The lowest BCUT2D eigenvalue weighted by Crippen LogP contribution is -2.24. The van der Waals surface area contributed by atoms with E-state index >= 15 is 0 Å². The molecule has 0 unspecified atom stereocenters. The van der Waals surface area contributed by atoms with Crippen molar-refractivity contribution in [2.45, 2.75) is 79.6 Å². The molecule has 0 saturated carbocycles. The largest absolute Gasteiger partial charge is 0.465 e. The van der Waals surface area contributed by atoms with Gasteiger partial charge in [0.05, 0.1) is 11.4 Å². The van der Waals surface area contributed by atoms with Gasteiger partial charge in [-0.3, -0.25) is 0 Å². The van der Waals surface area contributed by atoms with Crippen LogP contribution >= 0.6 is 0 Å². The first-order valence-corrected chi connectivity index (χ1v) is 12.2. The summed E-state index contributed by atoms with van der Waals surface area (Å²) in [7, 11) is 3.31. The topological polar surface area (TPSA) is 40.2 Å². The molecule has 0 aliphatic heterocycles. The Morgan fingerprint density at radius 2 is 1.06 bits per heavy atom. The first-order chi connectivity index (χ1) is 15.8. The molecule has 0 radical (unpaired) electrons. The van der Waals surface area contributed by atoms with Crippen molar-refractivity contribution in [1.82, 2.24) is 0 Å². The van der Waals surface area contributed by atoms with Crippen LogP contribution in [-0.4, -0.2) is 34.4 Å². The molecule has 0 bridgehead atoms. The smallest absolute Gasteiger partial charge is 0.188 e. The van der Waals surface area contributed by atoms with E-state index in [1.54, 1.807) is 14.2 Å². The number of methoxy groups -OCH3 is 2. The number of rotatable bonds is 10. The molecule has 2 aromatic carbocycles. The van der Waals surface area contributed by atoms with Crippen molar-refractivity contribution in [3.05, 3.63) is 46.5 Å². The van der Waals surface area contributed by atoms with Crippen LogP contribution in [0.25, 0.3) is 0 Å². The number of nitrogens with zero attached hydrogens (tertiary/aromatic N) is 1. The van der Waals surface area contributed by atoms with E-state index in [1.165, 1.54) is 11.1 Å². The Morgan fingerprint density at radius 3 is 1.35 bits per heavy atom. The maximum absolute atomic E-state index is 6.27. The summed E-state index contributed by atoms with van der Waals surface area (Å²) >= 11 is 0. The van der Waals surface area contributed by atoms with Gasteiger partial charge in [0.2, 0.25) is 0 Å². The van der Waals surface area contributed by atoms with Crippen molar-refractivity contribution in [3.8, 4) is 11.5 Å². The summed E-state index contributed by atoms with van der Waals surface area (Å²) in [6.07, 6.45) is 0.963. The number of hydrogen-bond acceptors (Lipinski definition) is 5. The molecule has 2 rings (SSSR count). The lowest BCUT2D eigenvalue weighted by Gasteiger charge is -2.34.